The summed E-state index contributed by atoms with van der Waals surface area (Å²) in [4.78, 5) is 15.2. The van der Waals surface area contributed by atoms with Crippen molar-refractivity contribution in [2.45, 2.75) is 19.9 Å². The number of rotatable bonds is 6. The molecule has 0 aromatic carbocycles. The van der Waals surface area contributed by atoms with Crippen LogP contribution in [0.3, 0.4) is 0 Å². The van der Waals surface area contributed by atoms with Gasteiger partial charge in [-0.05, 0) is 6.92 Å². The zero-order chi connectivity index (χ0) is 13.1. The first-order valence-corrected chi connectivity index (χ1v) is 7.36. The second-order valence-corrected chi connectivity index (χ2v) is 6.71. The van der Waals surface area contributed by atoms with Crippen molar-refractivity contribution in [1.29, 1.82) is 0 Å². The average molecular weight is 278 g/mol. The molecule has 1 aromatic rings. The van der Waals surface area contributed by atoms with Crippen molar-refractivity contribution in [1.82, 2.24) is 9.29 Å². The Morgan fingerprint density at radius 3 is 2.71 bits per heavy atom. The molecule has 0 aliphatic rings. The first-order chi connectivity index (χ1) is 7.83. The molecule has 1 heterocycles. The van der Waals surface area contributed by atoms with Crippen molar-refractivity contribution in [3.63, 3.8) is 0 Å². The Balaban J connectivity index is 2.66. The standard InChI is InChI=1S/C9H14N2O4S2/c1-7-8(16-6-10-7)5-11(2)17(14,15)4-3-9(12)13/h6H,3-5H2,1-2H3,(H,12,13). The van der Waals surface area contributed by atoms with Gasteiger partial charge in [0, 0.05) is 18.5 Å². The molecule has 0 saturated heterocycles. The van der Waals surface area contributed by atoms with Crippen molar-refractivity contribution in [3.8, 4) is 0 Å². The molecule has 96 valence electrons. The Kier molecular flexibility index (Phi) is 4.61. The van der Waals surface area contributed by atoms with Crippen LogP contribution in [0.2, 0.25) is 0 Å². The molecule has 6 nitrogen and oxygen atoms in total. The number of sulfonamides is 1. The summed E-state index contributed by atoms with van der Waals surface area (Å²) in [7, 11) is -2.08. The van der Waals surface area contributed by atoms with Gasteiger partial charge in [-0.2, -0.15) is 4.31 Å². The molecular formula is C9H14N2O4S2. The number of hydrogen-bond donors (Lipinski definition) is 1. The van der Waals surface area contributed by atoms with Crippen molar-refractivity contribution >= 4 is 27.3 Å². The van der Waals surface area contributed by atoms with Gasteiger partial charge >= 0.3 is 5.97 Å². The van der Waals surface area contributed by atoms with Gasteiger partial charge in [0.25, 0.3) is 0 Å². The molecule has 0 radical (unpaired) electrons. The second-order valence-electron chi connectivity index (χ2n) is 3.58. The molecule has 0 aliphatic carbocycles. The van der Waals surface area contributed by atoms with Gasteiger partial charge in [-0.25, -0.2) is 13.4 Å². The third kappa shape index (κ3) is 4.06. The lowest BCUT2D eigenvalue weighted by atomic mass is 10.4. The normalized spacial score (nSPS) is 11.9. The van der Waals surface area contributed by atoms with E-state index in [0.717, 1.165) is 14.9 Å². The van der Waals surface area contributed by atoms with Crippen LogP contribution in [0.1, 0.15) is 17.0 Å². The van der Waals surface area contributed by atoms with E-state index in [1.54, 1.807) is 5.51 Å². The number of hydrogen-bond acceptors (Lipinski definition) is 5. The molecule has 8 heteroatoms. The summed E-state index contributed by atoms with van der Waals surface area (Å²) in [5.74, 6) is -1.49. The average Bonchev–Trinajstić information content (AvgIpc) is 2.62. The van der Waals surface area contributed by atoms with Crippen LogP contribution >= 0.6 is 11.3 Å². The van der Waals surface area contributed by atoms with Crippen LogP contribution in [0.15, 0.2) is 5.51 Å². The largest absolute Gasteiger partial charge is 0.481 e. The highest BCUT2D eigenvalue weighted by Crippen LogP contribution is 2.16. The smallest absolute Gasteiger partial charge is 0.304 e. The number of aryl methyl sites for hydroxylation is 1. The molecule has 0 bridgehead atoms. The topological polar surface area (TPSA) is 87.6 Å². The van der Waals surface area contributed by atoms with Crippen molar-refractivity contribution < 1.29 is 18.3 Å². The fourth-order valence-electron chi connectivity index (χ4n) is 1.15. The molecule has 0 unspecified atom stereocenters. The van der Waals surface area contributed by atoms with E-state index in [-0.39, 0.29) is 18.7 Å². The molecule has 0 saturated carbocycles. The second kappa shape index (κ2) is 5.56. The van der Waals surface area contributed by atoms with Crippen molar-refractivity contribution in [2.75, 3.05) is 12.8 Å². The van der Waals surface area contributed by atoms with Crippen LogP contribution < -0.4 is 0 Å². The summed E-state index contributed by atoms with van der Waals surface area (Å²) >= 11 is 1.38. The van der Waals surface area contributed by atoms with Gasteiger partial charge in [-0.15, -0.1) is 11.3 Å². The van der Waals surface area contributed by atoms with Crippen LogP contribution in [0.25, 0.3) is 0 Å². The Morgan fingerprint density at radius 2 is 2.24 bits per heavy atom. The van der Waals surface area contributed by atoms with E-state index in [1.165, 1.54) is 18.4 Å². The lowest BCUT2D eigenvalue weighted by molar-refractivity contribution is -0.136. The van der Waals surface area contributed by atoms with E-state index in [4.69, 9.17) is 5.11 Å². The number of aromatic nitrogens is 1. The van der Waals surface area contributed by atoms with Gasteiger partial charge in [-0.1, -0.05) is 0 Å². The monoisotopic (exact) mass is 278 g/mol. The number of carbonyl (C=O) groups is 1. The number of thiazole rings is 1. The van der Waals surface area contributed by atoms with Crippen LogP contribution in [0.5, 0.6) is 0 Å². The highest BCUT2D eigenvalue weighted by molar-refractivity contribution is 7.89. The van der Waals surface area contributed by atoms with Gasteiger partial charge in [0.05, 0.1) is 23.4 Å². The number of carboxylic acids is 1. The van der Waals surface area contributed by atoms with Crippen LogP contribution in [0.4, 0.5) is 0 Å². The maximum Gasteiger partial charge on any atom is 0.304 e. The highest BCUT2D eigenvalue weighted by atomic mass is 32.2. The Hall–Kier alpha value is -0.990. The Morgan fingerprint density at radius 1 is 1.59 bits per heavy atom. The lowest BCUT2D eigenvalue weighted by Crippen LogP contribution is -2.29. The van der Waals surface area contributed by atoms with Crippen LogP contribution in [0, 0.1) is 6.92 Å². The zero-order valence-electron chi connectivity index (χ0n) is 9.58. The third-order valence-electron chi connectivity index (χ3n) is 2.26. The zero-order valence-corrected chi connectivity index (χ0v) is 11.2. The molecular weight excluding hydrogens is 264 g/mol. The van der Waals surface area contributed by atoms with E-state index in [9.17, 15) is 13.2 Å². The molecule has 1 aromatic heterocycles. The predicted molar refractivity (Wildman–Crippen MR) is 64.4 cm³/mol. The molecule has 1 rings (SSSR count). The van der Waals surface area contributed by atoms with Gasteiger partial charge in [0.15, 0.2) is 0 Å². The molecule has 0 fully saturated rings. The first kappa shape index (κ1) is 14.1. The minimum Gasteiger partial charge on any atom is -0.481 e. The van der Waals surface area contributed by atoms with E-state index in [2.05, 4.69) is 4.98 Å². The van der Waals surface area contributed by atoms with Crippen LogP contribution in [-0.4, -0.2) is 41.6 Å². The van der Waals surface area contributed by atoms with Crippen molar-refractivity contribution in [3.05, 3.63) is 16.1 Å². The summed E-state index contributed by atoms with van der Waals surface area (Å²) in [6.07, 6.45) is -0.381. The molecule has 1 N–H and O–H groups in total. The first-order valence-electron chi connectivity index (χ1n) is 4.87. The summed E-state index contributed by atoms with van der Waals surface area (Å²) < 4.78 is 24.6. The van der Waals surface area contributed by atoms with E-state index in [0.29, 0.717) is 0 Å². The predicted octanol–water partition coefficient (Wildman–Crippen LogP) is 0.688. The van der Waals surface area contributed by atoms with Crippen LogP contribution in [-0.2, 0) is 21.4 Å². The van der Waals surface area contributed by atoms with Gasteiger partial charge in [0.2, 0.25) is 10.0 Å². The fraction of sp³-hybridized carbons (Fsp3) is 0.556. The summed E-state index contributed by atoms with van der Waals surface area (Å²) in [6, 6.07) is 0. The van der Waals surface area contributed by atoms with E-state index < -0.39 is 16.0 Å². The molecule has 0 atom stereocenters. The van der Waals surface area contributed by atoms with E-state index in [1.807, 2.05) is 6.92 Å². The molecule has 0 amide bonds. The van der Waals surface area contributed by atoms with Crippen molar-refractivity contribution in [2.24, 2.45) is 0 Å². The summed E-state index contributed by atoms with van der Waals surface area (Å²) in [6.45, 7) is 2.04. The Labute approximate surface area is 104 Å². The lowest BCUT2D eigenvalue weighted by Gasteiger charge is -2.15. The number of nitrogens with zero attached hydrogens (tertiary/aromatic N) is 2. The number of aliphatic carboxylic acids is 1. The van der Waals surface area contributed by atoms with Gasteiger partial charge in [-0.3, -0.25) is 4.79 Å². The van der Waals surface area contributed by atoms with E-state index >= 15 is 0 Å². The summed E-state index contributed by atoms with van der Waals surface area (Å²) in [5, 5.41) is 8.47. The molecule has 0 aliphatic heterocycles. The molecule has 0 spiro atoms. The minimum absolute atomic E-state index is 0.235. The van der Waals surface area contributed by atoms with Gasteiger partial charge < -0.3 is 5.11 Å². The SMILES string of the molecule is Cc1ncsc1CN(C)S(=O)(=O)CCC(=O)O. The third-order valence-corrected chi connectivity index (χ3v) is 4.98. The molecule has 17 heavy (non-hydrogen) atoms. The maximum absolute atomic E-state index is 11.7. The number of carboxylic acid groups (broad SMARTS) is 1. The quantitative estimate of drug-likeness (QED) is 0.827. The minimum atomic E-state index is -3.52. The Bertz CT molecular complexity index is 495. The highest BCUT2D eigenvalue weighted by Gasteiger charge is 2.20. The fourth-order valence-corrected chi connectivity index (χ4v) is 3.13. The summed E-state index contributed by atoms with van der Waals surface area (Å²) in [5.41, 5.74) is 2.46. The van der Waals surface area contributed by atoms with Gasteiger partial charge in [0.1, 0.15) is 0 Å². The maximum atomic E-state index is 11.7.